The first-order chi connectivity index (χ1) is 6.20. The highest BCUT2D eigenvalue weighted by molar-refractivity contribution is 6.31. The third kappa shape index (κ3) is 1.40. The highest BCUT2D eigenvalue weighted by Crippen LogP contribution is 2.35. The lowest BCUT2D eigenvalue weighted by atomic mass is 9.95. The second-order valence-corrected chi connectivity index (χ2v) is 3.81. The molecule has 1 heterocycles. The summed E-state index contributed by atoms with van der Waals surface area (Å²) in [4.78, 5) is 0. The molecule has 1 aliphatic heterocycles. The van der Waals surface area contributed by atoms with Gasteiger partial charge in [0.2, 0.25) is 0 Å². The molecule has 0 unspecified atom stereocenters. The molecule has 0 bridgehead atoms. The van der Waals surface area contributed by atoms with Gasteiger partial charge in [-0.3, -0.25) is 0 Å². The van der Waals surface area contributed by atoms with Crippen molar-refractivity contribution < 1.29 is 5.11 Å². The molecule has 0 saturated carbocycles. The molecule has 0 aromatic heterocycles. The predicted octanol–water partition coefficient (Wildman–Crippen LogP) is 2.39. The third-order valence-electron chi connectivity index (χ3n) is 2.60. The summed E-state index contributed by atoms with van der Waals surface area (Å²) in [5, 5.41) is 13.7. The summed E-state index contributed by atoms with van der Waals surface area (Å²) < 4.78 is 0. The van der Waals surface area contributed by atoms with E-state index in [4.69, 9.17) is 11.6 Å². The van der Waals surface area contributed by atoms with Crippen LogP contribution in [0.1, 0.15) is 23.6 Å². The summed E-state index contributed by atoms with van der Waals surface area (Å²) in [5.41, 5.74) is 1.74. The van der Waals surface area contributed by atoms with E-state index in [1.807, 2.05) is 19.1 Å². The average Bonchev–Trinajstić information content (AvgIpc) is 2.03. The molecule has 13 heavy (non-hydrogen) atoms. The highest BCUT2D eigenvalue weighted by atomic mass is 35.5. The summed E-state index contributed by atoms with van der Waals surface area (Å²) >= 11 is 5.87. The van der Waals surface area contributed by atoms with E-state index >= 15 is 0 Å². The van der Waals surface area contributed by atoms with Gasteiger partial charge >= 0.3 is 0 Å². The Labute approximate surface area is 82.5 Å². The number of hydrogen-bond donors (Lipinski definition) is 2. The fraction of sp³-hybridized carbons (Fsp3) is 0.400. The van der Waals surface area contributed by atoms with Crippen molar-refractivity contribution in [3.8, 4) is 5.75 Å². The summed E-state index contributed by atoms with van der Waals surface area (Å²) in [6, 6.07) is 4.05. The minimum atomic E-state index is 0.316. The molecule has 0 radical (unpaired) electrons. The van der Waals surface area contributed by atoms with E-state index in [1.165, 1.54) is 0 Å². The van der Waals surface area contributed by atoms with Crippen LogP contribution in [-0.2, 0) is 0 Å². The molecule has 3 heteroatoms. The van der Waals surface area contributed by atoms with Gasteiger partial charge in [0.1, 0.15) is 5.75 Å². The largest absolute Gasteiger partial charge is 0.507 e. The molecule has 1 aliphatic rings. The van der Waals surface area contributed by atoms with Gasteiger partial charge in [-0.1, -0.05) is 17.7 Å². The van der Waals surface area contributed by atoms with Crippen molar-refractivity contribution in [3.63, 3.8) is 0 Å². The molecular formula is C10H12ClNO. The third-order valence-corrected chi connectivity index (χ3v) is 3.00. The molecule has 1 saturated heterocycles. The Hall–Kier alpha value is -0.730. The Morgan fingerprint density at radius 1 is 1.54 bits per heavy atom. The van der Waals surface area contributed by atoms with E-state index in [-0.39, 0.29) is 0 Å². The molecule has 0 spiro atoms. The van der Waals surface area contributed by atoms with Gasteiger partial charge in [0.05, 0.1) is 0 Å². The number of nitrogens with one attached hydrogen (secondary N) is 1. The van der Waals surface area contributed by atoms with Gasteiger partial charge < -0.3 is 10.4 Å². The van der Waals surface area contributed by atoms with Crippen LogP contribution in [0, 0.1) is 6.92 Å². The van der Waals surface area contributed by atoms with Gasteiger partial charge in [-0.25, -0.2) is 0 Å². The van der Waals surface area contributed by atoms with Crippen molar-refractivity contribution >= 4 is 11.6 Å². The summed E-state index contributed by atoms with van der Waals surface area (Å²) in [6.45, 7) is 2.87. The standard InChI is InChI=1S/C10H12ClNO/c1-6-8(11)3-2-7(10(6)13)9-4-5-12-9/h2-3,9,12-13H,4-5H2,1H3/t9-/m0/s1. The number of rotatable bonds is 1. The smallest absolute Gasteiger partial charge is 0.124 e. The second kappa shape index (κ2) is 3.20. The number of benzene rings is 1. The normalized spacial score (nSPS) is 21.2. The summed E-state index contributed by atoms with van der Waals surface area (Å²) in [5.74, 6) is 0.338. The van der Waals surface area contributed by atoms with E-state index in [1.54, 1.807) is 0 Å². The van der Waals surface area contributed by atoms with Crippen LogP contribution in [0.4, 0.5) is 0 Å². The van der Waals surface area contributed by atoms with Crippen molar-refractivity contribution in [3.05, 3.63) is 28.3 Å². The van der Waals surface area contributed by atoms with Crippen molar-refractivity contribution in [1.29, 1.82) is 0 Å². The lowest BCUT2D eigenvalue weighted by molar-refractivity contribution is 0.363. The number of hydrogen-bond acceptors (Lipinski definition) is 2. The maximum Gasteiger partial charge on any atom is 0.124 e. The van der Waals surface area contributed by atoms with Crippen LogP contribution in [0.15, 0.2) is 12.1 Å². The van der Waals surface area contributed by atoms with Gasteiger partial charge in [0, 0.05) is 22.2 Å². The summed E-state index contributed by atoms with van der Waals surface area (Å²) in [6.07, 6.45) is 1.09. The van der Waals surface area contributed by atoms with Crippen LogP contribution < -0.4 is 5.32 Å². The zero-order chi connectivity index (χ0) is 9.42. The first kappa shape index (κ1) is 8.85. The predicted molar refractivity (Wildman–Crippen MR) is 53.2 cm³/mol. The Morgan fingerprint density at radius 2 is 2.23 bits per heavy atom. The molecule has 1 atom stereocenters. The lowest BCUT2D eigenvalue weighted by Crippen LogP contribution is -2.34. The monoisotopic (exact) mass is 197 g/mol. The van der Waals surface area contributed by atoms with Crippen LogP contribution in [0.25, 0.3) is 0 Å². The molecule has 2 N–H and O–H groups in total. The van der Waals surface area contributed by atoms with Gasteiger partial charge in [0.25, 0.3) is 0 Å². The summed E-state index contributed by atoms with van der Waals surface area (Å²) in [7, 11) is 0. The fourth-order valence-electron chi connectivity index (χ4n) is 1.53. The minimum absolute atomic E-state index is 0.316. The van der Waals surface area contributed by atoms with E-state index in [0.29, 0.717) is 16.8 Å². The van der Waals surface area contributed by atoms with Crippen molar-refractivity contribution in [2.45, 2.75) is 19.4 Å². The van der Waals surface area contributed by atoms with Gasteiger partial charge in [-0.2, -0.15) is 0 Å². The van der Waals surface area contributed by atoms with E-state index in [9.17, 15) is 5.11 Å². The quantitative estimate of drug-likeness (QED) is 0.725. The first-order valence-electron chi connectivity index (χ1n) is 4.41. The zero-order valence-corrected chi connectivity index (χ0v) is 8.23. The number of phenols is 1. The van der Waals surface area contributed by atoms with Crippen LogP contribution >= 0.6 is 11.6 Å². The molecular weight excluding hydrogens is 186 g/mol. The Kier molecular flexibility index (Phi) is 2.18. The number of aromatic hydroxyl groups is 1. The molecule has 2 nitrogen and oxygen atoms in total. The minimum Gasteiger partial charge on any atom is -0.507 e. The molecule has 1 fully saturated rings. The maximum atomic E-state index is 9.79. The first-order valence-corrected chi connectivity index (χ1v) is 4.79. The van der Waals surface area contributed by atoms with Gasteiger partial charge in [0.15, 0.2) is 0 Å². The van der Waals surface area contributed by atoms with E-state index < -0.39 is 0 Å². The number of halogens is 1. The van der Waals surface area contributed by atoms with Gasteiger partial charge in [-0.15, -0.1) is 0 Å². The Morgan fingerprint density at radius 3 is 2.77 bits per heavy atom. The molecule has 2 rings (SSSR count). The second-order valence-electron chi connectivity index (χ2n) is 3.41. The van der Waals surface area contributed by atoms with Crippen LogP contribution in [0.3, 0.4) is 0 Å². The zero-order valence-electron chi connectivity index (χ0n) is 7.47. The average molecular weight is 198 g/mol. The highest BCUT2D eigenvalue weighted by Gasteiger charge is 2.22. The Balaban J connectivity index is 2.41. The van der Waals surface area contributed by atoms with Crippen LogP contribution in [-0.4, -0.2) is 11.7 Å². The molecule has 1 aromatic carbocycles. The van der Waals surface area contributed by atoms with E-state index in [2.05, 4.69) is 5.32 Å². The van der Waals surface area contributed by atoms with Gasteiger partial charge in [-0.05, 0) is 26.0 Å². The Bertz CT molecular complexity index is 334. The molecule has 0 amide bonds. The van der Waals surface area contributed by atoms with Crippen molar-refractivity contribution in [2.75, 3.05) is 6.54 Å². The maximum absolute atomic E-state index is 9.79. The van der Waals surface area contributed by atoms with Crippen LogP contribution in [0.5, 0.6) is 5.75 Å². The van der Waals surface area contributed by atoms with Crippen LogP contribution in [0.2, 0.25) is 5.02 Å². The van der Waals surface area contributed by atoms with Crippen molar-refractivity contribution in [1.82, 2.24) is 5.32 Å². The fourth-order valence-corrected chi connectivity index (χ4v) is 1.68. The van der Waals surface area contributed by atoms with Crippen molar-refractivity contribution in [2.24, 2.45) is 0 Å². The molecule has 1 aromatic rings. The van der Waals surface area contributed by atoms with E-state index in [0.717, 1.165) is 24.1 Å². The SMILES string of the molecule is Cc1c(Cl)ccc([C@@H]2CCN2)c1O. The molecule has 70 valence electrons. The lowest BCUT2D eigenvalue weighted by Gasteiger charge is -2.29. The topological polar surface area (TPSA) is 32.3 Å². The number of phenolic OH excluding ortho intramolecular Hbond substituents is 1. The molecule has 0 aliphatic carbocycles.